The van der Waals surface area contributed by atoms with Crippen molar-refractivity contribution in [2.75, 3.05) is 6.54 Å². The van der Waals surface area contributed by atoms with Crippen LogP contribution in [0, 0.1) is 0 Å². The summed E-state index contributed by atoms with van der Waals surface area (Å²) in [7, 11) is 0. The van der Waals surface area contributed by atoms with Crippen LogP contribution in [0.1, 0.15) is 48.0 Å². The Hall–Kier alpha value is -0.320. The molecule has 1 saturated heterocycles. The lowest BCUT2D eigenvalue weighted by Crippen LogP contribution is -2.37. The first-order chi connectivity index (χ1) is 7.57. The van der Waals surface area contributed by atoms with E-state index in [1.54, 1.807) is 0 Å². The van der Waals surface area contributed by atoms with E-state index in [2.05, 4.69) is 5.32 Å². The molecule has 0 spiro atoms. The van der Waals surface area contributed by atoms with E-state index in [4.69, 9.17) is 9.47 Å². The molecule has 4 nitrogen and oxygen atoms in total. The van der Waals surface area contributed by atoms with Gasteiger partial charge in [-0.25, -0.2) is 0 Å². The van der Waals surface area contributed by atoms with Gasteiger partial charge in [0.25, 0.3) is 0 Å². The second-order valence-electron chi connectivity index (χ2n) is 6.58. The summed E-state index contributed by atoms with van der Waals surface area (Å²) in [5.41, 5.74) is -0.600. The Morgan fingerprint density at radius 1 is 1.11 bits per heavy atom. The largest absolute Gasteiger partial charge is 0.459 e. The van der Waals surface area contributed by atoms with Gasteiger partial charge in [-0.15, -0.1) is 12.4 Å². The number of hydrogen-bond donors (Lipinski definition) is 1. The first-order valence-electron chi connectivity index (χ1n) is 6.21. The van der Waals surface area contributed by atoms with Crippen LogP contribution in [-0.4, -0.2) is 35.9 Å². The van der Waals surface area contributed by atoms with Crippen LogP contribution in [0.3, 0.4) is 0 Å². The fraction of sp³-hybridized carbons (Fsp3) is 0.923. The van der Waals surface area contributed by atoms with Crippen LogP contribution in [0.5, 0.6) is 0 Å². The molecule has 0 amide bonds. The zero-order valence-electron chi connectivity index (χ0n) is 12.2. The van der Waals surface area contributed by atoms with Gasteiger partial charge in [-0.2, -0.15) is 0 Å². The van der Waals surface area contributed by atoms with Crippen molar-refractivity contribution in [3.8, 4) is 0 Å². The Labute approximate surface area is 116 Å². The van der Waals surface area contributed by atoms with Crippen molar-refractivity contribution in [1.82, 2.24) is 5.32 Å². The number of rotatable bonds is 2. The number of nitrogens with one attached hydrogen (secondary N) is 1. The van der Waals surface area contributed by atoms with E-state index in [1.807, 2.05) is 41.5 Å². The van der Waals surface area contributed by atoms with Crippen molar-refractivity contribution in [3.05, 3.63) is 0 Å². The van der Waals surface area contributed by atoms with Gasteiger partial charge in [-0.3, -0.25) is 4.79 Å². The van der Waals surface area contributed by atoms with Crippen LogP contribution in [0.25, 0.3) is 0 Å². The van der Waals surface area contributed by atoms with Gasteiger partial charge in [0, 0.05) is 13.0 Å². The lowest BCUT2D eigenvalue weighted by molar-refractivity contribution is -0.157. The van der Waals surface area contributed by atoms with E-state index < -0.39 is 5.60 Å². The Balaban J connectivity index is 0.00000289. The molecule has 1 aliphatic heterocycles. The highest BCUT2D eigenvalue weighted by molar-refractivity contribution is 5.85. The molecule has 0 radical (unpaired) electrons. The molecule has 1 heterocycles. The number of esters is 1. The fourth-order valence-corrected chi connectivity index (χ4v) is 1.85. The predicted octanol–water partition coefficient (Wildman–Crippen LogP) is 2.30. The molecule has 0 aromatic carbocycles. The molecule has 5 heteroatoms. The van der Waals surface area contributed by atoms with Crippen molar-refractivity contribution >= 4 is 18.4 Å². The standard InChI is InChI=1S/C13H25NO3.ClH/c1-12(2,3)16-9-7-10(14-8-9)11(15)17-13(4,5)6;/h9-10,14H,7-8H2,1-6H3;1H. The molecule has 0 aromatic rings. The smallest absolute Gasteiger partial charge is 0.323 e. The van der Waals surface area contributed by atoms with Crippen LogP contribution >= 0.6 is 12.4 Å². The average Bonchev–Trinajstić information content (AvgIpc) is 2.45. The maximum atomic E-state index is 11.8. The quantitative estimate of drug-likeness (QED) is 0.788. The third kappa shape index (κ3) is 6.57. The lowest BCUT2D eigenvalue weighted by Gasteiger charge is -2.24. The number of carbonyl (C=O) groups is 1. The Kier molecular flexibility index (Phi) is 6.11. The summed E-state index contributed by atoms with van der Waals surface area (Å²) in [6.45, 7) is 12.4. The van der Waals surface area contributed by atoms with E-state index >= 15 is 0 Å². The molecule has 0 saturated carbocycles. The fourth-order valence-electron chi connectivity index (χ4n) is 1.85. The third-order valence-corrected chi connectivity index (χ3v) is 2.30. The second-order valence-corrected chi connectivity index (χ2v) is 6.58. The van der Waals surface area contributed by atoms with Crippen molar-refractivity contribution in [2.45, 2.75) is 71.3 Å². The lowest BCUT2D eigenvalue weighted by atomic mass is 10.1. The number of hydrogen-bond acceptors (Lipinski definition) is 4. The summed E-state index contributed by atoms with van der Waals surface area (Å²) in [6, 6.07) is -0.235. The highest BCUT2D eigenvalue weighted by Gasteiger charge is 2.34. The molecular formula is C13H26ClNO3. The maximum absolute atomic E-state index is 11.8. The molecule has 1 aliphatic rings. The molecule has 0 aliphatic carbocycles. The first-order valence-corrected chi connectivity index (χ1v) is 6.21. The van der Waals surface area contributed by atoms with Crippen LogP contribution in [0.15, 0.2) is 0 Å². The molecule has 2 atom stereocenters. The highest BCUT2D eigenvalue weighted by atomic mass is 35.5. The number of halogens is 1. The van der Waals surface area contributed by atoms with Gasteiger partial charge in [0.15, 0.2) is 0 Å². The van der Waals surface area contributed by atoms with Gasteiger partial charge in [0.1, 0.15) is 11.6 Å². The van der Waals surface area contributed by atoms with Gasteiger partial charge < -0.3 is 14.8 Å². The molecule has 0 bridgehead atoms. The molecule has 0 aromatic heterocycles. The minimum Gasteiger partial charge on any atom is -0.459 e. The summed E-state index contributed by atoms with van der Waals surface area (Å²) in [6.07, 6.45) is 0.777. The minimum absolute atomic E-state index is 0. The monoisotopic (exact) mass is 279 g/mol. The van der Waals surface area contributed by atoms with Gasteiger partial charge in [-0.1, -0.05) is 0 Å². The van der Waals surface area contributed by atoms with E-state index in [1.165, 1.54) is 0 Å². The summed E-state index contributed by atoms with van der Waals surface area (Å²) in [5, 5.41) is 3.15. The molecular weight excluding hydrogens is 254 g/mol. The Morgan fingerprint density at radius 2 is 1.67 bits per heavy atom. The van der Waals surface area contributed by atoms with E-state index in [9.17, 15) is 4.79 Å². The van der Waals surface area contributed by atoms with Crippen molar-refractivity contribution < 1.29 is 14.3 Å². The SMILES string of the molecule is CC(C)(C)OC(=O)C1CC(OC(C)(C)C)CN1.Cl. The zero-order chi connectivity index (χ0) is 13.3. The molecule has 1 rings (SSSR count). The maximum Gasteiger partial charge on any atom is 0.323 e. The van der Waals surface area contributed by atoms with Gasteiger partial charge in [-0.05, 0) is 41.5 Å². The summed E-state index contributed by atoms with van der Waals surface area (Å²) < 4.78 is 11.2. The van der Waals surface area contributed by atoms with Crippen LogP contribution in [0.2, 0.25) is 0 Å². The van der Waals surface area contributed by atoms with Crippen molar-refractivity contribution in [1.29, 1.82) is 0 Å². The van der Waals surface area contributed by atoms with E-state index in [0.717, 1.165) is 0 Å². The Morgan fingerprint density at radius 3 is 2.11 bits per heavy atom. The molecule has 18 heavy (non-hydrogen) atoms. The van der Waals surface area contributed by atoms with Gasteiger partial charge in [0.05, 0.1) is 11.7 Å². The zero-order valence-corrected chi connectivity index (χ0v) is 13.0. The second kappa shape index (κ2) is 6.22. The van der Waals surface area contributed by atoms with Crippen molar-refractivity contribution in [2.24, 2.45) is 0 Å². The Bertz CT molecular complexity index is 281. The number of carbonyl (C=O) groups excluding carboxylic acids is 1. The molecule has 1 fully saturated rings. The third-order valence-electron chi connectivity index (χ3n) is 2.30. The van der Waals surface area contributed by atoms with Crippen LogP contribution in [-0.2, 0) is 14.3 Å². The van der Waals surface area contributed by atoms with E-state index in [0.29, 0.717) is 13.0 Å². The van der Waals surface area contributed by atoms with Crippen LogP contribution < -0.4 is 5.32 Å². The summed E-state index contributed by atoms with van der Waals surface area (Å²) >= 11 is 0. The summed E-state index contributed by atoms with van der Waals surface area (Å²) in [4.78, 5) is 11.8. The average molecular weight is 280 g/mol. The predicted molar refractivity (Wildman–Crippen MR) is 74.1 cm³/mol. The normalized spacial score (nSPS) is 24.6. The van der Waals surface area contributed by atoms with Crippen molar-refractivity contribution in [3.63, 3.8) is 0 Å². The number of ether oxygens (including phenoxy) is 2. The van der Waals surface area contributed by atoms with Gasteiger partial charge >= 0.3 is 5.97 Å². The minimum atomic E-state index is -0.429. The molecule has 2 unspecified atom stereocenters. The highest BCUT2D eigenvalue weighted by Crippen LogP contribution is 2.20. The van der Waals surface area contributed by atoms with Crippen LogP contribution in [0.4, 0.5) is 0 Å². The summed E-state index contributed by atoms with van der Waals surface area (Å²) in [5.74, 6) is -0.183. The van der Waals surface area contributed by atoms with E-state index in [-0.39, 0.29) is 36.1 Å². The molecule has 1 N–H and O–H groups in total. The molecule has 108 valence electrons. The van der Waals surface area contributed by atoms with Gasteiger partial charge in [0.2, 0.25) is 0 Å². The first kappa shape index (κ1) is 17.7. The topological polar surface area (TPSA) is 47.6 Å².